The minimum atomic E-state index is -1.15. The van der Waals surface area contributed by atoms with Crippen molar-refractivity contribution >= 4 is 17.9 Å². The minimum Gasteiger partial charge on any atom is -0.481 e. The molecule has 0 fully saturated rings. The van der Waals surface area contributed by atoms with Crippen LogP contribution in [0.15, 0.2) is 72.8 Å². The number of aliphatic hydroxyl groups excluding tert-OH is 1. The number of carbonyl (C=O) groups is 3. The summed E-state index contributed by atoms with van der Waals surface area (Å²) >= 11 is 0. The van der Waals surface area contributed by atoms with Gasteiger partial charge in [-0.05, 0) is 59.5 Å². The molecule has 3 rings (SSSR count). The zero-order chi connectivity index (χ0) is 35.1. The fourth-order valence-electron chi connectivity index (χ4n) is 5.12. The third-order valence-electron chi connectivity index (χ3n) is 7.87. The van der Waals surface area contributed by atoms with E-state index in [1.807, 2.05) is 60.7 Å². The van der Waals surface area contributed by atoms with Crippen LogP contribution in [0.3, 0.4) is 0 Å². The van der Waals surface area contributed by atoms with Crippen LogP contribution >= 0.6 is 0 Å². The maximum atomic E-state index is 12.1. The van der Waals surface area contributed by atoms with Gasteiger partial charge in [0.2, 0.25) is 0 Å². The summed E-state index contributed by atoms with van der Waals surface area (Å²) in [5.41, 5.74) is 5.22. The smallest absolute Gasteiger partial charge is 0.309 e. The van der Waals surface area contributed by atoms with Crippen LogP contribution in [0, 0.1) is 23.7 Å². The van der Waals surface area contributed by atoms with E-state index in [0.717, 1.165) is 52.6 Å². The van der Waals surface area contributed by atoms with Gasteiger partial charge in [-0.3, -0.25) is 14.4 Å². The van der Waals surface area contributed by atoms with Crippen LogP contribution in [0.4, 0.5) is 0 Å². The van der Waals surface area contributed by atoms with E-state index >= 15 is 0 Å². The van der Waals surface area contributed by atoms with Crippen LogP contribution in [-0.2, 0) is 30.3 Å². The summed E-state index contributed by atoms with van der Waals surface area (Å²) in [6, 6.07) is 22.8. The van der Waals surface area contributed by atoms with Crippen molar-refractivity contribution in [2.24, 2.45) is 0 Å². The average molecular weight is 665 g/mol. The topological polar surface area (TPSA) is 110 Å². The van der Waals surface area contributed by atoms with Crippen LogP contribution in [-0.4, -0.2) is 47.4 Å². The van der Waals surface area contributed by atoms with E-state index in [0.29, 0.717) is 6.61 Å². The Hall–Kier alpha value is -4.85. The van der Waals surface area contributed by atoms with Crippen molar-refractivity contribution in [2.75, 3.05) is 13.2 Å². The first-order valence-electron chi connectivity index (χ1n) is 17.3. The summed E-state index contributed by atoms with van der Waals surface area (Å²) < 4.78 is 10.3. The number of ether oxygens (including phenoxy) is 2. The number of esters is 2. The number of rotatable bonds is 19. The molecule has 0 amide bonds. The van der Waals surface area contributed by atoms with Crippen LogP contribution in [0.1, 0.15) is 106 Å². The molecule has 3 aromatic rings. The maximum absolute atomic E-state index is 12.1. The van der Waals surface area contributed by atoms with Crippen LogP contribution < -0.4 is 0 Å². The predicted molar refractivity (Wildman–Crippen MR) is 192 cm³/mol. The van der Waals surface area contributed by atoms with E-state index < -0.39 is 24.0 Å². The van der Waals surface area contributed by atoms with Gasteiger partial charge in [0.1, 0.15) is 0 Å². The highest BCUT2D eigenvalue weighted by Crippen LogP contribution is 2.20. The number of aliphatic carboxylic acids is 1. The molecule has 0 saturated carbocycles. The zero-order valence-corrected chi connectivity index (χ0v) is 28.5. The van der Waals surface area contributed by atoms with Crippen molar-refractivity contribution in [2.45, 2.75) is 96.5 Å². The average Bonchev–Trinajstić information content (AvgIpc) is 3.09. The lowest BCUT2D eigenvalue weighted by Gasteiger charge is -2.09. The van der Waals surface area contributed by atoms with Crippen LogP contribution in [0.5, 0.6) is 0 Å². The number of unbranched alkanes of at least 4 members (excludes halogenated alkanes) is 9. The second-order valence-electron chi connectivity index (χ2n) is 12.1. The summed E-state index contributed by atoms with van der Waals surface area (Å²) in [5.74, 6) is 10.0. The Balaban J connectivity index is 1.30. The minimum absolute atomic E-state index is 0.00876. The molecule has 2 N–H and O–H groups in total. The molecular weight excluding hydrogens is 616 g/mol. The molecule has 3 aromatic carbocycles. The van der Waals surface area contributed by atoms with Gasteiger partial charge in [0.25, 0.3) is 0 Å². The van der Waals surface area contributed by atoms with Gasteiger partial charge in [0.05, 0.1) is 32.0 Å². The summed E-state index contributed by atoms with van der Waals surface area (Å²) in [5, 5.41) is 19.0. The summed E-state index contributed by atoms with van der Waals surface area (Å²) in [7, 11) is 0. The number of hydrogen-bond donors (Lipinski definition) is 2. The molecule has 0 aliphatic heterocycles. The zero-order valence-electron chi connectivity index (χ0n) is 28.5. The van der Waals surface area contributed by atoms with Crippen molar-refractivity contribution in [3.63, 3.8) is 0 Å². The third-order valence-corrected chi connectivity index (χ3v) is 7.87. The normalized spacial score (nSPS) is 11.0. The second kappa shape index (κ2) is 22.7. The molecule has 1 unspecified atom stereocenters. The van der Waals surface area contributed by atoms with Crippen molar-refractivity contribution in [1.29, 1.82) is 0 Å². The van der Waals surface area contributed by atoms with Gasteiger partial charge in [0, 0.05) is 16.7 Å². The lowest BCUT2D eigenvalue weighted by molar-refractivity contribution is -0.149. The quantitative estimate of drug-likeness (QED) is 0.0762. The molecule has 0 saturated heterocycles. The van der Waals surface area contributed by atoms with E-state index in [1.165, 1.54) is 44.9 Å². The Morgan fingerprint density at radius 3 is 1.57 bits per heavy atom. The third kappa shape index (κ3) is 16.7. The lowest BCUT2D eigenvalue weighted by atomic mass is 10.0. The summed E-state index contributed by atoms with van der Waals surface area (Å²) in [6.07, 6.45) is 10.3. The molecule has 0 radical (unpaired) electrons. The van der Waals surface area contributed by atoms with Gasteiger partial charge in [0.15, 0.2) is 6.61 Å². The monoisotopic (exact) mass is 664 g/mol. The van der Waals surface area contributed by atoms with Gasteiger partial charge in [-0.2, -0.15) is 0 Å². The van der Waals surface area contributed by atoms with Gasteiger partial charge in [-0.1, -0.05) is 125 Å². The molecule has 0 aliphatic carbocycles. The summed E-state index contributed by atoms with van der Waals surface area (Å²) in [4.78, 5) is 34.9. The van der Waals surface area contributed by atoms with Crippen molar-refractivity contribution in [3.8, 4) is 34.8 Å². The number of carbonyl (C=O) groups excluding carboxylic acids is 2. The second-order valence-corrected chi connectivity index (χ2v) is 12.1. The maximum Gasteiger partial charge on any atom is 0.309 e. The molecule has 0 aromatic heterocycles. The van der Waals surface area contributed by atoms with Crippen molar-refractivity contribution in [3.05, 3.63) is 95.1 Å². The van der Waals surface area contributed by atoms with Crippen LogP contribution in [0.25, 0.3) is 11.1 Å². The first kappa shape index (κ1) is 38.6. The Kier molecular flexibility index (Phi) is 17.9. The number of aliphatic hydroxyl groups is 1. The van der Waals surface area contributed by atoms with Crippen molar-refractivity contribution < 1.29 is 34.1 Å². The first-order valence-corrected chi connectivity index (χ1v) is 17.3. The van der Waals surface area contributed by atoms with Gasteiger partial charge < -0.3 is 19.7 Å². The fraction of sp³-hybridized carbons (Fsp3) is 0.405. The molecule has 49 heavy (non-hydrogen) atoms. The molecule has 7 nitrogen and oxygen atoms in total. The SMILES string of the molecule is CCCCCCCCCCCCOC(=O)CC(O)CC(=O)OCC#Cc1ccc(-c2ccc(C#Cc3ccc(CC(=O)O)cc3)cc2)cc1. The van der Waals surface area contributed by atoms with Gasteiger partial charge >= 0.3 is 17.9 Å². The molecule has 0 bridgehead atoms. The Morgan fingerprint density at radius 2 is 1.06 bits per heavy atom. The Morgan fingerprint density at radius 1 is 0.612 bits per heavy atom. The van der Waals surface area contributed by atoms with Crippen LogP contribution in [0.2, 0.25) is 0 Å². The molecule has 0 spiro atoms. The molecule has 0 aliphatic rings. The highest BCUT2D eigenvalue weighted by atomic mass is 16.5. The lowest BCUT2D eigenvalue weighted by Crippen LogP contribution is -2.21. The summed E-state index contributed by atoms with van der Waals surface area (Å²) in [6.45, 7) is 2.44. The number of carboxylic acid groups (broad SMARTS) is 1. The largest absolute Gasteiger partial charge is 0.481 e. The standard InChI is InChI=1S/C42H48O7/c1-2-3-4-5-6-7-8-9-10-11-28-48-41(46)31-39(43)32-42(47)49-29-12-13-33-20-24-37(25-21-33)38-26-22-35(23-27-38)15-14-34-16-18-36(19-17-34)30-40(44)45/h16-27,39,43H,2-11,28-32H2,1H3,(H,44,45). The van der Waals surface area contributed by atoms with E-state index in [-0.39, 0.29) is 25.9 Å². The number of carboxylic acids is 1. The van der Waals surface area contributed by atoms with E-state index in [2.05, 4.69) is 30.6 Å². The van der Waals surface area contributed by atoms with Gasteiger partial charge in [-0.15, -0.1) is 0 Å². The molecule has 7 heteroatoms. The highest BCUT2D eigenvalue weighted by Gasteiger charge is 2.16. The Bertz CT molecular complexity index is 1570. The van der Waals surface area contributed by atoms with E-state index in [4.69, 9.17) is 14.6 Å². The number of hydrogen-bond acceptors (Lipinski definition) is 6. The predicted octanol–water partition coefficient (Wildman–Crippen LogP) is 7.88. The van der Waals surface area contributed by atoms with Crippen molar-refractivity contribution in [1.82, 2.24) is 0 Å². The Labute approximate surface area is 291 Å². The number of benzene rings is 3. The van der Waals surface area contributed by atoms with E-state index in [9.17, 15) is 19.5 Å². The fourth-order valence-corrected chi connectivity index (χ4v) is 5.12. The highest BCUT2D eigenvalue weighted by molar-refractivity contribution is 5.74. The molecular formula is C42H48O7. The van der Waals surface area contributed by atoms with E-state index in [1.54, 1.807) is 12.1 Å². The molecule has 1 atom stereocenters. The molecule has 258 valence electrons. The first-order chi connectivity index (χ1) is 23.8. The molecule has 0 heterocycles. The van der Waals surface area contributed by atoms with Gasteiger partial charge in [-0.25, -0.2) is 0 Å².